The molecule has 0 bridgehead atoms. The first-order chi connectivity index (χ1) is 62.1. The number of halogens is 3. The first-order valence-electron chi connectivity index (χ1n) is 43.8. The number of carbonyl (C=O) groups is 8. The Morgan fingerprint density at radius 2 is 0.922 bits per heavy atom. The number of anilines is 3. The number of benzene rings is 4. The SMILES string of the molecule is C#Cc1ccc(CN2CCC(CC#N)(n3cc(C(N)=O)c(CC(=O)C4CC4)n3)C(F)C2)c(Cl)c1.C#Cc1ccc(NC2CCC(CC#N)(n3cc(C(N)=O)c(NC(=O)C4CC4)n3)CC2)cc1.COC(=O)Cc1nn(C2(CC#N)CCN(Cc3ccc(C4CC4)cc3)CC2F)cc1C(N)=O.N#CCC1(n2cc(C(N)=O)c(CC(=O)C3CC3)n2)CCC(Nc2ccccc2)CC1. The van der Waals surface area contributed by atoms with Crippen LogP contribution in [-0.2, 0) is 78.4 Å². The number of rotatable bonds is 31. The van der Waals surface area contributed by atoms with E-state index in [9.17, 15) is 59.4 Å². The highest BCUT2D eigenvalue weighted by Crippen LogP contribution is 2.45. The summed E-state index contributed by atoms with van der Waals surface area (Å²) in [6.45, 7) is 2.27. The predicted molar refractivity (Wildman–Crippen MR) is 476 cm³/mol. The molecule has 2 aliphatic heterocycles. The molecule has 0 spiro atoms. The lowest BCUT2D eigenvalue weighted by atomic mass is 9.77. The fraction of sp³-hybridized carbons (Fsp3) is 0.458. The van der Waals surface area contributed by atoms with Crippen LogP contribution in [0.5, 0.6) is 0 Å². The molecule has 6 heterocycles. The summed E-state index contributed by atoms with van der Waals surface area (Å²) < 4.78 is 42.3. The number of likely N-dealkylation sites (tertiary alicyclic amines) is 2. The molecule has 11 N–H and O–H groups in total. The van der Waals surface area contributed by atoms with Crippen LogP contribution in [0.3, 0.4) is 0 Å². The van der Waals surface area contributed by atoms with Crippen LogP contribution in [0.15, 0.2) is 122 Å². The molecule has 4 aromatic heterocycles. The van der Waals surface area contributed by atoms with Gasteiger partial charge in [0.2, 0.25) is 5.91 Å². The zero-order valence-electron chi connectivity index (χ0n) is 72.1. The maximum atomic E-state index is 15.8. The number of hydrogen-bond donors (Lipinski definition) is 7. The van der Waals surface area contributed by atoms with E-state index in [4.69, 9.17) is 47.4 Å². The van der Waals surface area contributed by atoms with Crippen molar-refractivity contribution in [1.82, 2.24) is 48.9 Å². The van der Waals surface area contributed by atoms with Gasteiger partial charge in [-0.15, -0.1) is 12.8 Å². The highest BCUT2D eigenvalue weighted by molar-refractivity contribution is 6.31. The quantitative estimate of drug-likeness (QED) is 0.0157. The number of amides is 5. The molecule has 4 aromatic carbocycles. The lowest BCUT2D eigenvalue weighted by Gasteiger charge is -2.43. The molecule has 16 rings (SSSR count). The molecule has 0 radical (unpaired) electrons. The molecule has 4 atom stereocenters. The minimum atomic E-state index is -1.45. The molecule has 33 heteroatoms. The second kappa shape index (κ2) is 41.2. The van der Waals surface area contributed by atoms with Crippen LogP contribution in [0.1, 0.15) is 234 Å². The van der Waals surface area contributed by atoms with Gasteiger partial charge < -0.3 is 43.6 Å². The maximum Gasteiger partial charge on any atom is 0.311 e. The van der Waals surface area contributed by atoms with Gasteiger partial charge in [-0.3, -0.25) is 66.9 Å². The van der Waals surface area contributed by atoms with E-state index < -0.39 is 64.1 Å². The van der Waals surface area contributed by atoms with Gasteiger partial charge in [0.05, 0.1) is 121 Å². The molecular formula is C96H106ClF2N21O9. The van der Waals surface area contributed by atoms with Gasteiger partial charge in [0.15, 0.2) is 5.82 Å². The van der Waals surface area contributed by atoms with Crippen molar-refractivity contribution in [3.05, 3.63) is 194 Å². The normalized spacial score (nSPS) is 22.9. The number of aromatic nitrogens is 8. The van der Waals surface area contributed by atoms with Crippen LogP contribution < -0.4 is 38.9 Å². The second-order valence-electron chi connectivity index (χ2n) is 35.2. The molecule has 5 amide bonds. The van der Waals surface area contributed by atoms with E-state index in [1.807, 2.05) is 70.5 Å². The topological polar surface area (TPSA) is 459 Å². The highest BCUT2D eigenvalue weighted by atomic mass is 35.5. The Bertz CT molecular complexity index is 5730. The number of nitrogens with two attached hydrogens (primary N) is 4. The number of nitrogens with one attached hydrogen (secondary N) is 3. The molecular weight excluding hydrogens is 1660 g/mol. The number of nitrogens with zero attached hydrogens (tertiary/aromatic N) is 14. The zero-order chi connectivity index (χ0) is 91.9. The Morgan fingerprint density at radius 3 is 1.35 bits per heavy atom. The number of piperidine rings is 2. The largest absolute Gasteiger partial charge is 0.469 e. The van der Waals surface area contributed by atoms with Gasteiger partial charge >= 0.3 is 5.97 Å². The summed E-state index contributed by atoms with van der Waals surface area (Å²) >= 11 is 6.34. The summed E-state index contributed by atoms with van der Waals surface area (Å²) in [5.41, 5.74) is 26.9. The summed E-state index contributed by atoms with van der Waals surface area (Å²) in [4.78, 5) is 100. The number of primary amides is 4. The van der Waals surface area contributed by atoms with Crippen molar-refractivity contribution < 1.29 is 51.9 Å². The zero-order valence-corrected chi connectivity index (χ0v) is 72.9. The Balaban J connectivity index is 0.000000147. The molecule has 6 aliphatic carbocycles. The van der Waals surface area contributed by atoms with Gasteiger partial charge in [-0.1, -0.05) is 72.0 Å². The van der Waals surface area contributed by atoms with E-state index in [1.54, 1.807) is 33.9 Å². The van der Waals surface area contributed by atoms with Crippen molar-refractivity contribution in [2.24, 2.45) is 40.7 Å². The van der Waals surface area contributed by atoms with Crippen molar-refractivity contribution >= 4 is 75.9 Å². The average molecular weight is 1770 g/mol. The number of nitriles is 4. The molecule has 129 heavy (non-hydrogen) atoms. The van der Waals surface area contributed by atoms with Crippen molar-refractivity contribution in [2.45, 2.75) is 226 Å². The van der Waals surface area contributed by atoms with Crippen molar-refractivity contribution in [2.75, 3.05) is 49.2 Å². The van der Waals surface area contributed by atoms with Crippen LogP contribution in [0.25, 0.3) is 0 Å². The van der Waals surface area contributed by atoms with Gasteiger partial charge in [-0.25, -0.2) is 8.78 Å². The van der Waals surface area contributed by atoms with Crippen LogP contribution in [0.2, 0.25) is 5.02 Å². The van der Waals surface area contributed by atoms with E-state index in [-0.39, 0.29) is 133 Å². The maximum absolute atomic E-state index is 15.8. The van der Waals surface area contributed by atoms with E-state index in [0.717, 1.165) is 105 Å². The number of ketones is 2. The molecule has 6 saturated carbocycles. The third-order valence-electron chi connectivity index (χ3n) is 26.3. The van der Waals surface area contributed by atoms with Crippen LogP contribution >= 0.6 is 11.6 Å². The lowest BCUT2D eigenvalue weighted by molar-refractivity contribution is -0.140. The molecule has 670 valence electrons. The molecule has 4 unspecified atom stereocenters. The Labute approximate surface area is 752 Å². The van der Waals surface area contributed by atoms with Crippen molar-refractivity contribution in [3.8, 4) is 49.0 Å². The molecule has 30 nitrogen and oxygen atoms in total. The summed E-state index contributed by atoms with van der Waals surface area (Å²) in [6.07, 6.45) is 28.8. The summed E-state index contributed by atoms with van der Waals surface area (Å²) in [7, 11) is 1.23. The Hall–Kier alpha value is -13.4. The predicted octanol–water partition coefficient (Wildman–Crippen LogP) is 11.6. The van der Waals surface area contributed by atoms with Gasteiger partial charge in [-0.2, -0.15) is 41.4 Å². The van der Waals surface area contributed by atoms with E-state index in [2.05, 4.69) is 101 Å². The highest BCUT2D eigenvalue weighted by Gasteiger charge is 2.50. The average Bonchev–Trinajstić information content (AvgIpc) is 1.65. The van der Waals surface area contributed by atoms with Crippen LogP contribution in [0.4, 0.5) is 26.0 Å². The van der Waals surface area contributed by atoms with Gasteiger partial charge in [0, 0.05) is 121 Å². The minimum absolute atomic E-state index is 0.00133. The lowest BCUT2D eigenvalue weighted by Crippen LogP contribution is -2.54. The Morgan fingerprint density at radius 1 is 0.496 bits per heavy atom. The van der Waals surface area contributed by atoms with E-state index in [0.29, 0.717) is 85.7 Å². The summed E-state index contributed by atoms with van der Waals surface area (Å²) in [5, 5.41) is 66.3. The van der Waals surface area contributed by atoms with E-state index >= 15 is 8.78 Å². The van der Waals surface area contributed by atoms with Gasteiger partial charge in [0.1, 0.15) is 40.6 Å². The van der Waals surface area contributed by atoms with Crippen molar-refractivity contribution in [1.29, 1.82) is 21.0 Å². The molecule has 2 saturated heterocycles. The number of terminal acetylenes is 2. The summed E-state index contributed by atoms with van der Waals surface area (Å²) in [6, 6.07) is 41.0. The minimum Gasteiger partial charge on any atom is -0.469 e. The third kappa shape index (κ3) is 22.6. The third-order valence-corrected chi connectivity index (χ3v) is 26.6. The smallest absolute Gasteiger partial charge is 0.311 e. The number of para-hydroxylation sites is 1. The van der Waals surface area contributed by atoms with E-state index in [1.165, 1.54) is 47.3 Å². The fourth-order valence-corrected chi connectivity index (χ4v) is 18.0. The number of hydrogen-bond acceptors (Lipinski definition) is 21. The number of esters is 1. The number of carbonyl (C=O) groups excluding carboxylic acids is 8. The van der Waals surface area contributed by atoms with Gasteiger partial charge in [0.25, 0.3) is 23.6 Å². The molecule has 8 fully saturated rings. The molecule has 8 aromatic rings. The first kappa shape index (κ1) is 93.3. The second-order valence-corrected chi connectivity index (χ2v) is 35.6. The number of methoxy groups -OCH3 is 1. The Kier molecular flexibility index (Phi) is 29.8. The van der Waals surface area contributed by atoms with Crippen LogP contribution in [-0.4, -0.2) is 154 Å². The van der Waals surface area contributed by atoms with Gasteiger partial charge in [-0.05, 0) is 187 Å². The number of alkyl halides is 2. The molecule has 8 aliphatic rings. The number of Topliss-reactive ketones (excluding diaryl/α,β-unsaturated/α-hetero) is 2. The number of ether oxygens (including phenoxy) is 1. The van der Waals surface area contributed by atoms with Crippen LogP contribution in [0, 0.1) is 87.8 Å². The standard InChI is InChI=1S/C25H25ClFN5O2.C24H28FN5O3.C24H26N6O2.C23H27N5O2/c1-2-16-3-4-18(20(26)11-16)13-31-10-8-25(7-9-28,23(27)15-31)32-14-19(24(29)34)21(30-32)12-22(33)17-5-6-17;1-33-22(31)12-20-19(23(27)32)14-30(28-20)24(8-10-26)9-11-29(15-21(24)25)13-16-2-4-17(5-3-16)18-6-7-18;1-2-16-3-7-18(8-4-16)27-19-9-11-24(12-10-19,13-14-25)30-15-20(21(26)31)22(29-30)28-23(32)17-5-6-17;24-13-12-23(10-8-18(9-11-23)26-17-4-2-1-3-5-17)28-15-19(22(25)30)20(27-28)14-21(29)16-6-7-16/h1,3-4,11,14,17,23H,5-8,10,12-13,15H2,(H2,29,34);2-5,14,18,21H,6-9,11-13,15H2,1H3,(H2,27,32);1,3-4,7-8,15,17,19,27H,5-6,9-13H2,(H2,26,31)(H,28,29,32);1-5,15-16,18,26H,6-12,14H2,(H2,25,30). The van der Waals surface area contributed by atoms with Crippen molar-refractivity contribution in [3.63, 3.8) is 0 Å². The first-order valence-corrected chi connectivity index (χ1v) is 44.1. The fourth-order valence-electron chi connectivity index (χ4n) is 17.8. The summed E-state index contributed by atoms with van der Waals surface area (Å²) in [5.74, 6) is 2.76. The monoisotopic (exact) mass is 1770 g/mol.